The van der Waals surface area contributed by atoms with Crippen LogP contribution in [0.2, 0.25) is 0 Å². The number of likely N-dealkylation sites (N-methyl/N-ethyl adjacent to an activating group) is 1. The monoisotopic (exact) mass is 279 g/mol. The molecule has 0 fully saturated rings. The molecule has 2 aromatic rings. The number of carbonyl (C=O) groups is 1. The Morgan fingerprint density at radius 1 is 1.10 bits per heavy atom. The molecule has 0 saturated heterocycles. The highest BCUT2D eigenvalue weighted by Crippen LogP contribution is 2.18. The Balaban J connectivity index is 2.06. The predicted molar refractivity (Wildman–Crippen MR) is 87.8 cm³/mol. The third-order valence-electron chi connectivity index (χ3n) is 3.67. The van der Waals surface area contributed by atoms with Crippen LogP contribution in [0, 0.1) is 6.92 Å². The lowest BCUT2D eigenvalue weighted by Crippen LogP contribution is -2.27. The fourth-order valence-electron chi connectivity index (χ4n) is 2.20. The van der Waals surface area contributed by atoms with Gasteiger partial charge in [-0.05, 0) is 31.1 Å². The van der Waals surface area contributed by atoms with Gasteiger partial charge in [0, 0.05) is 13.1 Å². The number of nitrogens with zero attached hydrogens (tertiary/aromatic N) is 1. The van der Waals surface area contributed by atoms with Gasteiger partial charge in [0.1, 0.15) is 0 Å². The zero-order chi connectivity index (χ0) is 15.2. The van der Waals surface area contributed by atoms with Gasteiger partial charge in [0.2, 0.25) is 5.91 Å². The van der Waals surface area contributed by atoms with E-state index in [0.717, 1.165) is 11.1 Å². The maximum atomic E-state index is 12.3. The van der Waals surface area contributed by atoms with E-state index >= 15 is 0 Å². The van der Waals surface area contributed by atoms with Crippen LogP contribution >= 0.6 is 0 Å². The molecule has 2 rings (SSSR count). The van der Waals surface area contributed by atoms with E-state index in [1.165, 1.54) is 5.56 Å². The summed E-state index contributed by atoms with van der Waals surface area (Å²) in [5.74, 6) is 0.00728. The van der Waals surface area contributed by atoms with Crippen molar-refractivity contribution in [3.05, 3.63) is 77.4 Å². The number of hydrogen-bond acceptors (Lipinski definition) is 1. The topological polar surface area (TPSA) is 20.3 Å². The highest BCUT2D eigenvalue weighted by atomic mass is 16.2. The van der Waals surface area contributed by atoms with Crippen LogP contribution in [-0.4, -0.2) is 17.9 Å². The summed E-state index contributed by atoms with van der Waals surface area (Å²) in [6.07, 6.45) is 3.50. The van der Waals surface area contributed by atoms with Crippen LogP contribution in [0.15, 0.2) is 60.7 Å². The van der Waals surface area contributed by atoms with Crippen molar-refractivity contribution in [3.63, 3.8) is 0 Å². The van der Waals surface area contributed by atoms with Gasteiger partial charge in [0.25, 0.3) is 0 Å². The molecule has 0 aliphatic rings. The molecule has 0 saturated carbocycles. The number of hydrogen-bond donors (Lipinski definition) is 0. The summed E-state index contributed by atoms with van der Waals surface area (Å²) in [5, 5.41) is 0. The van der Waals surface area contributed by atoms with Gasteiger partial charge in [-0.25, -0.2) is 0 Å². The average Bonchev–Trinajstić information content (AvgIpc) is 2.52. The maximum Gasteiger partial charge on any atom is 0.246 e. The van der Waals surface area contributed by atoms with E-state index in [-0.39, 0.29) is 11.9 Å². The molecule has 2 aromatic carbocycles. The van der Waals surface area contributed by atoms with Gasteiger partial charge in [-0.1, -0.05) is 60.2 Å². The standard InChI is InChI=1S/C19H21NO/c1-15-8-7-9-17(14-15)12-13-19(21)20(3)16(2)18-10-5-4-6-11-18/h4-14,16H,1-3H3/b13-12+. The molecule has 0 spiro atoms. The molecule has 1 atom stereocenters. The van der Waals surface area contributed by atoms with Gasteiger partial charge in [-0.15, -0.1) is 0 Å². The number of benzene rings is 2. The molecule has 2 nitrogen and oxygen atoms in total. The first-order valence-electron chi connectivity index (χ1n) is 7.14. The summed E-state index contributed by atoms with van der Waals surface area (Å²) in [5.41, 5.74) is 3.37. The van der Waals surface area contributed by atoms with Crippen molar-refractivity contribution in [2.45, 2.75) is 19.9 Å². The van der Waals surface area contributed by atoms with Crippen LogP contribution in [0.4, 0.5) is 0 Å². The summed E-state index contributed by atoms with van der Waals surface area (Å²) in [4.78, 5) is 14.0. The van der Waals surface area contributed by atoms with Crippen LogP contribution < -0.4 is 0 Å². The minimum atomic E-state index is 0.00728. The zero-order valence-corrected chi connectivity index (χ0v) is 12.8. The molecule has 0 radical (unpaired) electrons. The third kappa shape index (κ3) is 4.06. The average molecular weight is 279 g/mol. The molecule has 0 N–H and O–H groups in total. The van der Waals surface area contributed by atoms with Crippen molar-refractivity contribution in [1.29, 1.82) is 0 Å². The van der Waals surface area contributed by atoms with Crippen LogP contribution in [-0.2, 0) is 4.79 Å². The lowest BCUT2D eigenvalue weighted by Gasteiger charge is -2.24. The molecule has 0 heterocycles. The second-order valence-electron chi connectivity index (χ2n) is 5.28. The van der Waals surface area contributed by atoms with Crippen molar-refractivity contribution in [1.82, 2.24) is 4.90 Å². The summed E-state index contributed by atoms with van der Waals surface area (Å²) in [6, 6.07) is 18.2. The molecule has 0 bridgehead atoms. The molecular weight excluding hydrogens is 258 g/mol. The molecule has 1 unspecified atom stereocenters. The van der Waals surface area contributed by atoms with Crippen LogP contribution in [0.5, 0.6) is 0 Å². The van der Waals surface area contributed by atoms with Gasteiger partial charge >= 0.3 is 0 Å². The number of rotatable bonds is 4. The van der Waals surface area contributed by atoms with Crippen molar-refractivity contribution < 1.29 is 4.79 Å². The molecule has 108 valence electrons. The minimum absolute atomic E-state index is 0.00728. The van der Waals surface area contributed by atoms with E-state index < -0.39 is 0 Å². The van der Waals surface area contributed by atoms with Gasteiger partial charge in [-0.3, -0.25) is 4.79 Å². The molecule has 0 aliphatic carbocycles. The first kappa shape index (κ1) is 15.0. The second-order valence-corrected chi connectivity index (χ2v) is 5.28. The Hall–Kier alpha value is -2.35. The summed E-state index contributed by atoms with van der Waals surface area (Å²) in [6.45, 7) is 4.08. The predicted octanol–water partition coefficient (Wildman–Crippen LogP) is 4.23. The van der Waals surface area contributed by atoms with E-state index in [9.17, 15) is 4.79 Å². The van der Waals surface area contributed by atoms with Gasteiger partial charge in [0.05, 0.1) is 6.04 Å². The first-order valence-corrected chi connectivity index (χ1v) is 7.14. The van der Waals surface area contributed by atoms with E-state index in [4.69, 9.17) is 0 Å². The summed E-state index contributed by atoms with van der Waals surface area (Å²) < 4.78 is 0. The largest absolute Gasteiger partial charge is 0.335 e. The first-order chi connectivity index (χ1) is 10.1. The van der Waals surface area contributed by atoms with Crippen LogP contribution in [0.25, 0.3) is 6.08 Å². The molecular formula is C19H21NO. The fraction of sp³-hybridized carbons (Fsp3) is 0.211. The Bertz CT molecular complexity index is 631. The fourth-order valence-corrected chi connectivity index (χ4v) is 2.20. The van der Waals surface area contributed by atoms with Crippen molar-refractivity contribution >= 4 is 12.0 Å². The lowest BCUT2D eigenvalue weighted by atomic mass is 10.1. The number of amides is 1. The van der Waals surface area contributed by atoms with E-state index in [1.807, 2.05) is 75.5 Å². The highest BCUT2D eigenvalue weighted by Gasteiger charge is 2.14. The van der Waals surface area contributed by atoms with Crippen LogP contribution in [0.1, 0.15) is 29.7 Å². The third-order valence-corrected chi connectivity index (χ3v) is 3.67. The molecule has 2 heteroatoms. The van der Waals surface area contributed by atoms with Crippen molar-refractivity contribution in [2.24, 2.45) is 0 Å². The van der Waals surface area contributed by atoms with Crippen molar-refractivity contribution in [2.75, 3.05) is 7.05 Å². The highest BCUT2D eigenvalue weighted by molar-refractivity contribution is 5.91. The number of carbonyl (C=O) groups excluding carboxylic acids is 1. The van der Waals surface area contributed by atoms with Crippen molar-refractivity contribution in [3.8, 4) is 0 Å². The molecule has 1 amide bonds. The molecule has 0 aromatic heterocycles. The Labute approximate surface area is 126 Å². The van der Waals surface area contributed by atoms with E-state index in [2.05, 4.69) is 6.07 Å². The van der Waals surface area contributed by atoms with Gasteiger partial charge in [-0.2, -0.15) is 0 Å². The SMILES string of the molecule is Cc1cccc(/C=C/C(=O)N(C)C(C)c2ccccc2)c1. The Morgan fingerprint density at radius 3 is 2.48 bits per heavy atom. The maximum absolute atomic E-state index is 12.3. The Morgan fingerprint density at radius 2 is 1.81 bits per heavy atom. The second kappa shape index (κ2) is 6.89. The smallest absolute Gasteiger partial charge is 0.246 e. The quantitative estimate of drug-likeness (QED) is 0.767. The summed E-state index contributed by atoms with van der Waals surface area (Å²) in [7, 11) is 1.83. The van der Waals surface area contributed by atoms with E-state index in [0.29, 0.717) is 0 Å². The van der Waals surface area contributed by atoms with Gasteiger partial charge < -0.3 is 4.90 Å². The zero-order valence-electron chi connectivity index (χ0n) is 12.8. The van der Waals surface area contributed by atoms with Crippen LogP contribution in [0.3, 0.4) is 0 Å². The summed E-state index contributed by atoms with van der Waals surface area (Å²) >= 11 is 0. The number of aryl methyl sites for hydroxylation is 1. The lowest BCUT2D eigenvalue weighted by molar-refractivity contribution is -0.126. The normalized spacial score (nSPS) is 12.3. The van der Waals surface area contributed by atoms with E-state index in [1.54, 1.807) is 11.0 Å². The molecule has 21 heavy (non-hydrogen) atoms. The minimum Gasteiger partial charge on any atom is -0.335 e. The molecule has 0 aliphatic heterocycles. The Kier molecular flexibility index (Phi) is 4.94. The van der Waals surface area contributed by atoms with Gasteiger partial charge in [0.15, 0.2) is 0 Å².